The van der Waals surface area contributed by atoms with Crippen molar-refractivity contribution in [1.82, 2.24) is 9.55 Å². The standard InChI is InChI=1S/C15H27N3/c1-11(2)14(16)12-9-17-10-18(12)13-7-5-6-8-15(13,3)4/h9-11,13-14H,5-8,16H2,1-4H3. The molecule has 2 rings (SSSR count). The van der Waals surface area contributed by atoms with Gasteiger partial charge in [0.15, 0.2) is 0 Å². The molecule has 0 spiro atoms. The van der Waals surface area contributed by atoms with Gasteiger partial charge in [-0.2, -0.15) is 0 Å². The summed E-state index contributed by atoms with van der Waals surface area (Å²) < 4.78 is 2.35. The molecule has 1 aromatic heterocycles. The fourth-order valence-corrected chi connectivity index (χ4v) is 3.17. The van der Waals surface area contributed by atoms with Gasteiger partial charge in [-0.25, -0.2) is 4.98 Å². The van der Waals surface area contributed by atoms with Gasteiger partial charge in [0.25, 0.3) is 0 Å². The van der Waals surface area contributed by atoms with E-state index in [0.29, 0.717) is 17.4 Å². The van der Waals surface area contributed by atoms with E-state index in [0.717, 1.165) is 0 Å². The van der Waals surface area contributed by atoms with Crippen LogP contribution in [-0.2, 0) is 0 Å². The first-order valence-corrected chi connectivity index (χ1v) is 7.21. The maximum Gasteiger partial charge on any atom is 0.0951 e. The molecule has 0 amide bonds. The third-order valence-electron chi connectivity index (χ3n) is 4.54. The summed E-state index contributed by atoms with van der Waals surface area (Å²) in [6.45, 7) is 9.10. The zero-order valence-electron chi connectivity index (χ0n) is 12.2. The van der Waals surface area contributed by atoms with E-state index in [1.807, 2.05) is 12.5 Å². The van der Waals surface area contributed by atoms with Crippen molar-refractivity contribution < 1.29 is 0 Å². The van der Waals surface area contributed by atoms with Crippen molar-refractivity contribution in [1.29, 1.82) is 0 Å². The number of hydrogen-bond acceptors (Lipinski definition) is 2. The Bertz CT molecular complexity index is 392. The lowest BCUT2D eigenvalue weighted by Gasteiger charge is -2.40. The van der Waals surface area contributed by atoms with Gasteiger partial charge in [-0.3, -0.25) is 0 Å². The number of hydrogen-bond donors (Lipinski definition) is 1. The maximum absolute atomic E-state index is 6.32. The Hall–Kier alpha value is -0.830. The summed E-state index contributed by atoms with van der Waals surface area (Å²) in [5.41, 5.74) is 7.87. The second kappa shape index (κ2) is 5.04. The Kier molecular flexibility index (Phi) is 3.81. The first kappa shape index (κ1) is 13.6. The zero-order valence-corrected chi connectivity index (χ0v) is 12.2. The molecule has 1 heterocycles. The van der Waals surface area contributed by atoms with Crippen LogP contribution >= 0.6 is 0 Å². The molecule has 18 heavy (non-hydrogen) atoms. The van der Waals surface area contributed by atoms with Crippen LogP contribution in [0.25, 0.3) is 0 Å². The van der Waals surface area contributed by atoms with Crippen molar-refractivity contribution in [3.8, 4) is 0 Å². The molecule has 0 aromatic carbocycles. The molecule has 1 fully saturated rings. The normalized spacial score (nSPS) is 25.3. The molecule has 1 aliphatic carbocycles. The summed E-state index contributed by atoms with van der Waals surface area (Å²) >= 11 is 0. The molecular weight excluding hydrogens is 222 g/mol. The SMILES string of the molecule is CC(C)C(N)c1cncn1C1CCCCC1(C)C. The molecule has 0 aliphatic heterocycles. The fourth-order valence-electron chi connectivity index (χ4n) is 3.17. The van der Waals surface area contributed by atoms with Crippen LogP contribution in [0.3, 0.4) is 0 Å². The molecule has 2 N–H and O–H groups in total. The summed E-state index contributed by atoms with van der Waals surface area (Å²) in [4.78, 5) is 4.35. The second-order valence-electron chi connectivity index (χ2n) is 6.75. The Morgan fingerprint density at radius 3 is 2.72 bits per heavy atom. The van der Waals surface area contributed by atoms with E-state index in [4.69, 9.17) is 5.73 Å². The number of aromatic nitrogens is 2. The van der Waals surface area contributed by atoms with Crippen LogP contribution in [-0.4, -0.2) is 9.55 Å². The molecule has 0 saturated heterocycles. The summed E-state index contributed by atoms with van der Waals surface area (Å²) in [6, 6.07) is 0.638. The molecule has 1 aliphatic rings. The van der Waals surface area contributed by atoms with Gasteiger partial charge in [-0.15, -0.1) is 0 Å². The number of imidazole rings is 1. The first-order valence-electron chi connectivity index (χ1n) is 7.21. The minimum Gasteiger partial charge on any atom is -0.330 e. The topological polar surface area (TPSA) is 43.8 Å². The highest BCUT2D eigenvalue weighted by Gasteiger charge is 2.35. The largest absolute Gasteiger partial charge is 0.330 e. The smallest absolute Gasteiger partial charge is 0.0951 e. The van der Waals surface area contributed by atoms with E-state index in [-0.39, 0.29) is 6.04 Å². The highest BCUT2D eigenvalue weighted by molar-refractivity contribution is 5.09. The van der Waals surface area contributed by atoms with Crippen LogP contribution in [0, 0.1) is 11.3 Å². The van der Waals surface area contributed by atoms with Crippen LogP contribution < -0.4 is 5.73 Å². The third-order valence-corrected chi connectivity index (χ3v) is 4.54. The predicted octanol–water partition coefficient (Wildman–Crippen LogP) is 3.68. The van der Waals surface area contributed by atoms with Crippen LogP contribution in [0.2, 0.25) is 0 Å². The number of nitrogens with zero attached hydrogens (tertiary/aromatic N) is 2. The van der Waals surface area contributed by atoms with Gasteiger partial charge in [-0.1, -0.05) is 40.5 Å². The lowest BCUT2D eigenvalue weighted by molar-refractivity contribution is 0.139. The molecule has 102 valence electrons. The molecule has 0 radical (unpaired) electrons. The average Bonchev–Trinajstić information content (AvgIpc) is 2.75. The average molecular weight is 249 g/mol. The van der Waals surface area contributed by atoms with Gasteiger partial charge in [-0.05, 0) is 24.2 Å². The van der Waals surface area contributed by atoms with Crippen molar-refractivity contribution in [2.24, 2.45) is 17.1 Å². The van der Waals surface area contributed by atoms with Crippen molar-refractivity contribution >= 4 is 0 Å². The quantitative estimate of drug-likeness (QED) is 0.888. The summed E-state index contributed by atoms with van der Waals surface area (Å²) in [5, 5.41) is 0. The lowest BCUT2D eigenvalue weighted by atomic mass is 9.73. The number of nitrogens with two attached hydrogens (primary N) is 1. The van der Waals surface area contributed by atoms with Gasteiger partial charge in [0.2, 0.25) is 0 Å². The van der Waals surface area contributed by atoms with Crippen LogP contribution in [0.5, 0.6) is 0 Å². The first-order chi connectivity index (χ1) is 8.43. The Morgan fingerprint density at radius 1 is 1.39 bits per heavy atom. The van der Waals surface area contributed by atoms with Crippen molar-refractivity contribution in [2.75, 3.05) is 0 Å². The van der Waals surface area contributed by atoms with Crippen molar-refractivity contribution in [3.63, 3.8) is 0 Å². The lowest BCUT2D eigenvalue weighted by Crippen LogP contribution is -2.33. The minimum atomic E-state index is 0.0882. The zero-order chi connectivity index (χ0) is 13.3. The molecule has 1 aromatic rings. The van der Waals surface area contributed by atoms with E-state index in [9.17, 15) is 0 Å². The number of rotatable bonds is 3. The molecule has 3 heteroatoms. The Labute approximate surface area is 111 Å². The van der Waals surface area contributed by atoms with E-state index in [2.05, 4.69) is 37.2 Å². The minimum absolute atomic E-state index is 0.0882. The van der Waals surface area contributed by atoms with Gasteiger partial charge in [0, 0.05) is 18.3 Å². The van der Waals surface area contributed by atoms with Crippen LogP contribution in [0.15, 0.2) is 12.5 Å². The highest BCUT2D eigenvalue weighted by Crippen LogP contribution is 2.44. The molecule has 2 atom stereocenters. The monoisotopic (exact) mass is 249 g/mol. The van der Waals surface area contributed by atoms with E-state index < -0.39 is 0 Å². The van der Waals surface area contributed by atoms with Gasteiger partial charge in [0.05, 0.1) is 12.0 Å². The molecular formula is C15H27N3. The van der Waals surface area contributed by atoms with Crippen LogP contribution in [0.4, 0.5) is 0 Å². The fraction of sp³-hybridized carbons (Fsp3) is 0.800. The molecule has 0 bridgehead atoms. The Morgan fingerprint density at radius 2 is 2.11 bits per heavy atom. The molecule has 3 nitrogen and oxygen atoms in total. The van der Waals surface area contributed by atoms with Gasteiger partial charge >= 0.3 is 0 Å². The summed E-state index contributed by atoms with van der Waals surface area (Å²) in [6.07, 6.45) is 9.16. The summed E-state index contributed by atoms with van der Waals surface area (Å²) in [7, 11) is 0. The highest BCUT2D eigenvalue weighted by atomic mass is 15.1. The van der Waals surface area contributed by atoms with Crippen LogP contribution in [0.1, 0.15) is 71.2 Å². The van der Waals surface area contributed by atoms with Gasteiger partial charge in [0.1, 0.15) is 0 Å². The second-order valence-corrected chi connectivity index (χ2v) is 6.75. The third kappa shape index (κ3) is 2.46. The predicted molar refractivity (Wildman–Crippen MR) is 75.3 cm³/mol. The van der Waals surface area contributed by atoms with Crippen molar-refractivity contribution in [3.05, 3.63) is 18.2 Å². The molecule has 1 saturated carbocycles. The van der Waals surface area contributed by atoms with E-state index >= 15 is 0 Å². The molecule has 2 unspecified atom stereocenters. The summed E-state index contributed by atoms with van der Waals surface area (Å²) in [5.74, 6) is 0.451. The van der Waals surface area contributed by atoms with E-state index in [1.165, 1.54) is 31.4 Å². The Balaban J connectivity index is 2.30. The van der Waals surface area contributed by atoms with Gasteiger partial charge < -0.3 is 10.3 Å². The maximum atomic E-state index is 6.32. The van der Waals surface area contributed by atoms with E-state index in [1.54, 1.807) is 0 Å². The van der Waals surface area contributed by atoms with Crippen molar-refractivity contribution in [2.45, 2.75) is 65.5 Å².